The lowest BCUT2D eigenvalue weighted by molar-refractivity contribution is -0.142. The number of carbonyl (C=O) groups excluding carboxylic acids is 1. The van der Waals surface area contributed by atoms with Crippen molar-refractivity contribution < 1.29 is 19.4 Å². The van der Waals surface area contributed by atoms with E-state index in [-0.39, 0.29) is 18.0 Å². The van der Waals surface area contributed by atoms with E-state index in [1.165, 1.54) is 11.3 Å². The highest BCUT2D eigenvalue weighted by molar-refractivity contribution is 7.13. The number of anilines is 1. The first kappa shape index (κ1) is 18.6. The monoisotopic (exact) mass is 361 g/mol. The summed E-state index contributed by atoms with van der Waals surface area (Å²) in [6, 6.07) is 3.40. The molecule has 0 bridgehead atoms. The fraction of sp³-hybridized carbons (Fsp3) is 0.294. The summed E-state index contributed by atoms with van der Waals surface area (Å²) >= 11 is 1.32. The van der Waals surface area contributed by atoms with Gasteiger partial charge in [0.2, 0.25) is 5.13 Å². The summed E-state index contributed by atoms with van der Waals surface area (Å²) in [7, 11) is 0. The second kappa shape index (κ2) is 8.39. The summed E-state index contributed by atoms with van der Waals surface area (Å²) in [5.74, 6) is -1.29. The van der Waals surface area contributed by atoms with E-state index in [4.69, 9.17) is 4.74 Å². The molecule has 0 aliphatic carbocycles. The highest BCUT2D eigenvalue weighted by Crippen LogP contribution is 2.17. The van der Waals surface area contributed by atoms with Crippen LogP contribution in [0.15, 0.2) is 22.6 Å². The summed E-state index contributed by atoms with van der Waals surface area (Å²) in [4.78, 5) is 26.9. The summed E-state index contributed by atoms with van der Waals surface area (Å²) in [6.07, 6.45) is 1.67. The number of aryl methyl sites for hydroxylation is 2. The molecule has 0 amide bonds. The smallest absolute Gasteiger partial charge is 0.335 e. The summed E-state index contributed by atoms with van der Waals surface area (Å²) in [5.41, 5.74) is 5.99. The summed E-state index contributed by atoms with van der Waals surface area (Å²) in [5, 5.41) is 15.6. The van der Waals surface area contributed by atoms with E-state index in [0.29, 0.717) is 28.6 Å². The van der Waals surface area contributed by atoms with Crippen LogP contribution in [0.1, 0.15) is 39.7 Å². The van der Waals surface area contributed by atoms with Gasteiger partial charge in [-0.1, -0.05) is 6.07 Å². The Kier molecular flexibility index (Phi) is 6.24. The first-order valence-corrected chi connectivity index (χ1v) is 8.52. The molecule has 2 rings (SSSR count). The second-order valence-corrected chi connectivity index (χ2v) is 6.18. The van der Waals surface area contributed by atoms with Crippen LogP contribution in [0, 0.1) is 13.8 Å². The number of hydrogen-bond donors (Lipinski definition) is 2. The molecule has 0 saturated carbocycles. The summed E-state index contributed by atoms with van der Waals surface area (Å²) < 4.78 is 4.88. The predicted molar refractivity (Wildman–Crippen MR) is 96.5 cm³/mol. The van der Waals surface area contributed by atoms with Crippen LogP contribution in [0.3, 0.4) is 0 Å². The minimum absolute atomic E-state index is 0.120. The van der Waals surface area contributed by atoms with E-state index < -0.39 is 5.97 Å². The zero-order valence-corrected chi connectivity index (χ0v) is 15.0. The molecule has 7 nitrogen and oxygen atoms in total. The average molecular weight is 361 g/mol. The van der Waals surface area contributed by atoms with E-state index in [1.807, 2.05) is 13.0 Å². The zero-order valence-electron chi connectivity index (χ0n) is 14.2. The van der Waals surface area contributed by atoms with Gasteiger partial charge in [-0.2, -0.15) is 5.10 Å². The molecule has 1 aromatic heterocycles. The Bertz CT molecular complexity index is 814. The molecule has 0 aliphatic heterocycles. The maximum Gasteiger partial charge on any atom is 0.335 e. The van der Waals surface area contributed by atoms with Crippen LogP contribution in [0.4, 0.5) is 5.13 Å². The molecule has 0 fully saturated rings. The van der Waals surface area contributed by atoms with Crippen LogP contribution in [0.25, 0.3) is 0 Å². The van der Waals surface area contributed by atoms with Gasteiger partial charge in [-0.3, -0.25) is 10.2 Å². The van der Waals surface area contributed by atoms with Gasteiger partial charge in [-0.15, -0.1) is 11.3 Å². The molecule has 0 aliphatic rings. The molecular weight excluding hydrogens is 342 g/mol. The number of rotatable bonds is 7. The molecule has 0 atom stereocenters. The van der Waals surface area contributed by atoms with Crippen molar-refractivity contribution in [2.75, 3.05) is 12.0 Å². The number of nitrogens with one attached hydrogen (secondary N) is 1. The van der Waals surface area contributed by atoms with Gasteiger partial charge in [0.05, 0.1) is 30.5 Å². The van der Waals surface area contributed by atoms with Crippen molar-refractivity contribution in [2.45, 2.75) is 27.2 Å². The van der Waals surface area contributed by atoms with Crippen LogP contribution in [-0.4, -0.2) is 34.9 Å². The van der Waals surface area contributed by atoms with E-state index in [2.05, 4.69) is 15.5 Å². The van der Waals surface area contributed by atoms with E-state index >= 15 is 0 Å². The van der Waals surface area contributed by atoms with Gasteiger partial charge in [0, 0.05) is 5.38 Å². The van der Waals surface area contributed by atoms with Gasteiger partial charge < -0.3 is 9.84 Å². The van der Waals surface area contributed by atoms with Crippen molar-refractivity contribution in [3.8, 4) is 0 Å². The molecule has 2 N–H and O–H groups in total. The molecule has 0 spiro atoms. The number of benzene rings is 1. The second-order valence-electron chi connectivity index (χ2n) is 5.32. The Morgan fingerprint density at radius 3 is 2.80 bits per heavy atom. The van der Waals surface area contributed by atoms with E-state index in [9.17, 15) is 14.7 Å². The van der Waals surface area contributed by atoms with Gasteiger partial charge in [-0.25, -0.2) is 9.78 Å². The molecule has 1 aromatic carbocycles. The normalized spacial score (nSPS) is 10.8. The highest BCUT2D eigenvalue weighted by atomic mass is 32.1. The fourth-order valence-corrected chi connectivity index (χ4v) is 2.85. The lowest BCUT2D eigenvalue weighted by Crippen LogP contribution is -2.07. The van der Waals surface area contributed by atoms with Gasteiger partial charge >= 0.3 is 11.9 Å². The standard InChI is InChI=1S/C17H19N3O4S/c1-4-24-15(21)7-13-9-25-17(19-13)20-18-8-12-6-14(16(22)23)11(3)5-10(12)2/h5-6,8-9H,4,7H2,1-3H3,(H,19,20)(H,22,23). The number of thiazole rings is 1. The van der Waals surface area contributed by atoms with Crippen LogP contribution in [0.2, 0.25) is 0 Å². The topological polar surface area (TPSA) is 101 Å². The summed E-state index contributed by atoms with van der Waals surface area (Å²) in [6.45, 7) is 5.74. The quantitative estimate of drug-likeness (QED) is 0.447. The van der Waals surface area contributed by atoms with Gasteiger partial charge in [-0.05, 0) is 43.5 Å². The Labute approximate surface area is 149 Å². The number of carboxylic acid groups (broad SMARTS) is 1. The van der Waals surface area contributed by atoms with Crippen molar-refractivity contribution in [2.24, 2.45) is 5.10 Å². The molecule has 0 unspecified atom stereocenters. The van der Waals surface area contributed by atoms with Crippen LogP contribution < -0.4 is 5.43 Å². The SMILES string of the molecule is CCOC(=O)Cc1csc(NN=Cc2cc(C(=O)O)c(C)cc2C)n1. The highest BCUT2D eigenvalue weighted by Gasteiger charge is 2.10. The van der Waals surface area contributed by atoms with Crippen molar-refractivity contribution in [3.63, 3.8) is 0 Å². The first-order valence-electron chi connectivity index (χ1n) is 7.64. The number of nitrogens with zero attached hydrogens (tertiary/aromatic N) is 2. The number of ether oxygens (including phenoxy) is 1. The molecule has 2 aromatic rings. The average Bonchev–Trinajstić information content (AvgIpc) is 2.96. The van der Waals surface area contributed by atoms with E-state index in [1.54, 1.807) is 31.5 Å². The zero-order chi connectivity index (χ0) is 18.4. The van der Waals surface area contributed by atoms with Crippen molar-refractivity contribution in [3.05, 3.63) is 45.5 Å². The van der Waals surface area contributed by atoms with Gasteiger partial charge in [0.25, 0.3) is 0 Å². The van der Waals surface area contributed by atoms with Gasteiger partial charge in [0.15, 0.2) is 0 Å². The van der Waals surface area contributed by atoms with Crippen molar-refractivity contribution in [1.29, 1.82) is 0 Å². The number of carboxylic acids is 1. The molecule has 132 valence electrons. The minimum atomic E-state index is -0.969. The Morgan fingerprint density at radius 2 is 2.12 bits per heavy atom. The predicted octanol–water partition coefficient (Wildman–Crippen LogP) is 3.01. The van der Waals surface area contributed by atoms with Crippen LogP contribution in [-0.2, 0) is 16.0 Å². The van der Waals surface area contributed by atoms with Crippen LogP contribution in [0.5, 0.6) is 0 Å². The molecule has 25 heavy (non-hydrogen) atoms. The third-order valence-electron chi connectivity index (χ3n) is 3.39. The van der Waals surface area contributed by atoms with E-state index in [0.717, 1.165) is 5.56 Å². The molecular formula is C17H19N3O4S. The third-order valence-corrected chi connectivity index (χ3v) is 4.19. The molecule has 8 heteroatoms. The fourth-order valence-electron chi connectivity index (χ4n) is 2.19. The Morgan fingerprint density at radius 1 is 1.36 bits per heavy atom. The van der Waals surface area contributed by atoms with Gasteiger partial charge in [0.1, 0.15) is 0 Å². The lowest BCUT2D eigenvalue weighted by atomic mass is 10.0. The van der Waals surface area contributed by atoms with Crippen LogP contribution >= 0.6 is 11.3 Å². The number of aromatic carboxylic acids is 1. The number of carbonyl (C=O) groups is 2. The first-order chi connectivity index (χ1) is 11.9. The Balaban J connectivity index is 2.04. The molecule has 1 heterocycles. The maximum absolute atomic E-state index is 11.4. The minimum Gasteiger partial charge on any atom is -0.478 e. The molecule has 0 radical (unpaired) electrons. The third kappa shape index (κ3) is 5.12. The van der Waals surface area contributed by atoms with Crippen molar-refractivity contribution >= 4 is 34.6 Å². The number of hydrogen-bond acceptors (Lipinski definition) is 7. The van der Waals surface area contributed by atoms with Crippen molar-refractivity contribution in [1.82, 2.24) is 4.98 Å². The molecule has 0 saturated heterocycles. The number of hydrazone groups is 1. The Hall–Kier alpha value is -2.74. The number of esters is 1. The lowest BCUT2D eigenvalue weighted by Gasteiger charge is -2.06. The number of aromatic nitrogens is 1. The largest absolute Gasteiger partial charge is 0.478 e. The maximum atomic E-state index is 11.4.